The molecule has 1 aliphatic rings. The largest absolute Gasteiger partial charge is 0.394 e. The molecule has 0 amide bonds. The molecule has 0 aromatic heterocycles. The van der Waals surface area contributed by atoms with Gasteiger partial charge in [0, 0.05) is 5.02 Å². The normalized spacial score (nSPS) is 18.1. The Hall–Kier alpha value is -0.0400. The summed E-state index contributed by atoms with van der Waals surface area (Å²) in [5.41, 5.74) is -0.800. The zero-order valence-electron chi connectivity index (χ0n) is 9.79. The molecule has 1 aliphatic carbocycles. The summed E-state index contributed by atoms with van der Waals surface area (Å²) in [4.78, 5) is -0.208. The van der Waals surface area contributed by atoms with Crippen LogP contribution in [0.4, 0.5) is 0 Å². The van der Waals surface area contributed by atoms with Crippen LogP contribution in [0.5, 0.6) is 0 Å². The van der Waals surface area contributed by atoms with Crippen LogP contribution in [0.3, 0.4) is 0 Å². The minimum Gasteiger partial charge on any atom is -0.394 e. The molecule has 2 N–H and O–H groups in total. The van der Waals surface area contributed by atoms with Crippen molar-refractivity contribution in [2.45, 2.75) is 29.7 Å². The van der Waals surface area contributed by atoms with Crippen molar-refractivity contribution >= 4 is 44.8 Å². The third-order valence-electron chi connectivity index (χ3n) is 3.20. The lowest BCUT2D eigenvalue weighted by Gasteiger charge is -2.40. The van der Waals surface area contributed by atoms with Crippen LogP contribution in [0.15, 0.2) is 17.0 Å². The van der Waals surface area contributed by atoms with Gasteiger partial charge in [0.05, 0.1) is 22.2 Å². The zero-order valence-corrected chi connectivity index (χ0v) is 12.9. The van der Waals surface area contributed by atoms with Crippen molar-refractivity contribution in [1.29, 1.82) is 0 Å². The van der Waals surface area contributed by atoms with Gasteiger partial charge in [-0.2, -0.15) is 0 Å². The molecule has 106 valence electrons. The fourth-order valence-corrected chi connectivity index (χ4v) is 5.02. The Kier molecular flexibility index (Phi) is 4.35. The number of rotatable bonds is 4. The first kappa shape index (κ1) is 15.4. The Morgan fingerprint density at radius 2 is 1.74 bits per heavy atom. The SMILES string of the molecule is O=S(=O)(NC1(CO)CCC1)c1c(Cl)cc(Cl)cc1Cl. The van der Waals surface area contributed by atoms with Gasteiger partial charge < -0.3 is 5.11 Å². The molecule has 0 bridgehead atoms. The third-order valence-corrected chi connectivity index (χ3v) is 5.91. The summed E-state index contributed by atoms with van der Waals surface area (Å²) in [6.07, 6.45) is 2.04. The number of aliphatic hydroxyl groups is 1. The van der Waals surface area contributed by atoms with Gasteiger partial charge >= 0.3 is 0 Å². The van der Waals surface area contributed by atoms with Gasteiger partial charge in [0.15, 0.2) is 0 Å². The van der Waals surface area contributed by atoms with Crippen LogP contribution in [0.1, 0.15) is 19.3 Å². The quantitative estimate of drug-likeness (QED) is 0.882. The lowest BCUT2D eigenvalue weighted by Crippen LogP contribution is -2.56. The Morgan fingerprint density at radius 3 is 2.11 bits per heavy atom. The molecule has 1 fully saturated rings. The first-order chi connectivity index (χ1) is 8.80. The second kappa shape index (κ2) is 5.39. The van der Waals surface area contributed by atoms with Crippen molar-refractivity contribution in [3.05, 3.63) is 27.2 Å². The number of aliphatic hydroxyl groups excluding tert-OH is 1. The van der Waals surface area contributed by atoms with E-state index >= 15 is 0 Å². The topological polar surface area (TPSA) is 66.4 Å². The van der Waals surface area contributed by atoms with Crippen molar-refractivity contribution in [3.63, 3.8) is 0 Å². The average Bonchev–Trinajstić information content (AvgIpc) is 2.21. The van der Waals surface area contributed by atoms with Gasteiger partial charge in [-0.1, -0.05) is 34.8 Å². The van der Waals surface area contributed by atoms with Crippen LogP contribution in [0.25, 0.3) is 0 Å². The molecule has 4 nitrogen and oxygen atoms in total. The van der Waals surface area contributed by atoms with Crippen LogP contribution in [0, 0.1) is 0 Å². The fraction of sp³-hybridized carbons (Fsp3) is 0.455. The number of nitrogens with one attached hydrogen (secondary N) is 1. The van der Waals surface area contributed by atoms with E-state index in [1.165, 1.54) is 12.1 Å². The second-order valence-electron chi connectivity index (χ2n) is 4.60. The van der Waals surface area contributed by atoms with Gasteiger partial charge in [-0.25, -0.2) is 13.1 Å². The van der Waals surface area contributed by atoms with Gasteiger partial charge in [-0.3, -0.25) is 0 Å². The van der Waals surface area contributed by atoms with Crippen LogP contribution in [-0.4, -0.2) is 25.7 Å². The van der Waals surface area contributed by atoms with Crippen molar-refractivity contribution in [2.75, 3.05) is 6.61 Å². The minimum atomic E-state index is -3.90. The summed E-state index contributed by atoms with van der Waals surface area (Å²) in [7, 11) is -3.90. The molecule has 0 heterocycles. The molecule has 0 radical (unpaired) electrons. The predicted molar refractivity (Wildman–Crippen MR) is 75.5 cm³/mol. The standard InChI is InChI=1S/C11H12Cl3NO3S/c12-7-4-8(13)10(9(14)5-7)19(17,18)15-11(6-16)2-1-3-11/h4-5,15-16H,1-3,6H2. The lowest BCUT2D eigenvalue weighted by molar-refractivity contribution is 0.110. The lowest BCUT2D eigenvalue weighted by atomic mass is 9.78. The monoisotopic (exact) mass is 343 g/mol. The van der Waals surface area contributed by atoms with E-state index in [2.05, 4.69) is 4.72 Å². The highest BCUT2D eigenvalue weighted by Crippen LogP contribution is 2.37. The molecule has 1 aromatic rings. The third kappa shape index (κ3) is 3.01. The molecule has 8 heteroatoms. The van der Waals surface area contributed by atoms with E-state index in [0.29, 0.717) is 12.8 Å². The summed E-state index contributed by atoms with van der Waals surface area (Å²) >= 11 is 17.6. The van der Waals surface area contributed by atoms with Crippen LogP contribution < -0.4 is 4.72 Å². The average molecular weight is 345 g/mol. The molecule has 0 saturated heterocycles. The van der Waals surface area contributed by atoms with Gasteiger partial charge in [-0.15, -0.1) is 0 Å². The van der Waals surface area contributed by atoms with E-state index in [0.717, 1.165) is 6.42 Å². The number of halogens is 3. The number of sulfonamides is 1. The van der Waals surface area contributed by atoms with E-state index in [1.807, 2.05) is 0 Å². The molecule has 0 atom stereocenters. The summed E-state index contributed by atoms with van der Waals surface area (Å²) < 4.78 is 27.1. The highest BCUT2D eigenvalue weighted by atomic mass is 35.5. The van der Waals surface area contributed by atoms with Crippen molar-refractivity contribution in [2.24, 2.45) is 0 Å². The molecule has 1 saturated carbocycles. The van der Waals surface area contributed by atoms with Crippen molar-refractivity contribution < 1.29 is 13.5 Å². The summed E-state index contributed by atoms with van der Waals surface area (Å²) in [5.74, 6) is 0. The van der Waals surface area contributed by atoms with Gasteiger partial charge in [0.2, 0.25) is 10.0 Å². The van der Waals surface area contributed by atoms with Crippen molar-refractivity contribution in [1.82, 2.24) is 4.72 Å². The smallest absolute Gasteiger partial charge is 0.244 e. The maximum absolute atomic E-state index is 12.3. The van der Waals surface area contributed by atoms with E-state index in [4.69, 9.17) is 34.8 Å². The second-order valence-corrected chi connectivity index (χ2v) is 7.47. The molecule has 1 aromatic carbocycles. The Labute approximate surface area is 126 Å². The molecule has 0 aliphatic heterocycles. The zero-order chi connectivity index (χ0) is 14.3. The van der Waals surface area contributed by atoms with Crippen LogP contribution in [-0.2, 0) is 10.0 Å². The number of benzene rings is 1. The molecular weight excluding hydrogens is 333 g/mol. The van der Waals surface area contributed by atoms with E-state index in [1.54, 1.807) is 0 Å². The van der Waals surface area contributed by atoms with Gasteiger partial charge in [0.25, 0.3) is 0 Å². The molecule has 0 unspecified atom stereocenters. The van der Waals surface area contributed by atoms with E-state index < -0.39 is 15.6 Å². The predicted octanol–water partition coefficient (Wildman–Crippen LogP) is 2.84. The highest BCUT2D eigenvalue weighted by molar-refractivity contribution is 7.89. The summed E-state index contributed by atoms with van der Waals surface area (Å²) in [5, 5.41) is 9.49. The molecular formula is C11H12Cl3NO3S. The van der Waals surface area contributed by atoms with Gasteiger partial charge in [0.1, 0.15) is 4.90 Å². The fourth-order valence-electron chi connectivity index (χ4n) is 2.02. The number of hydrogen-bond donors (Lipinski definition) is 2. The van der Waals surface area contributed by atoms with Crippen LogP contribution >= 0.6 is 34.8 Å². The van der Waals surface area contributed by atoms with Crippen molar-refractivity contribution in [3.8, 4) is 0 Å². The minimum absolute atomic E-state index is 0.0441. The first-order valence-electron chi connectivity index (χ1n) is 5.59. The summed E-state index contributed by atoms with van der Waals surface area (Å²) in [6, 6.07) is 2.63. The maximum Gasteiger partial charge on any atom is 0.244 e. The Morgan fingerprint density at radius 1 is 1.21 bits per heavy atom. The maximum atomic E-state index is 12.3. The highest BCUT2D eigenvalue weighted by Gasteiger charge is 2.41. The Bertz CT molecular complexity index is 571. The van der Waals surface area contributed by atoms with Crippen LogP contribution in [0.2, 0.25) is 15.1 Å². The molecule has 0 spiro atoms. The van der Waals surface area contributed by atoms with Gasteiger partial charge in [-0.05, 0) is 31.4 Å². The molecule has 19 heavy (non-hydrogen) atoms. The van der Waals surface area contributed by atoms with E-state index in [-0.39, 0.29) is 26.6 Å². The number of hydrogen-bond acceptors (Lipinski definition) is 3. The first-order valence-corrected chi connectivity index (χ1v) is 8.21. The molecule has 2 rings (SSSR count). The summed E-state index contributed by atoms with van der Waals surface area (Å²) in [6.45, 7) is -0.255. The Balaban J connectivity index is 2.40. The van der Waals surface area contributed by atoms with E-state index in [9.17, 15) is 13.5 Å².